The Morgan fingerprint density at radius 3 is 2.67 bits per heavy atom. The summed E-state index contributed by atoms with van der Waals surface area (Å²) in [6, 6.07) is -0.319. The molecule has 104 valence electrons. The van der Waals surface area contributed by atoms with Crippen LogP contribution in [0.3, 0.4) is 0 Å². The summed E-state index contributed by atoms with van der Waals surface area (Å²) in [4.78, 5) is 24.0. The topological polar surface area (TPSA) is 78.9 Å². The number of carbonyl (C=O) groups is 2. The predicted molar refractivity (Wildman–Crippen MR) is 66.4 cm³/mol. The highest BCUT2D eigenvalue weighted by molar-refractivity contribution is 5.80. The minimum Gasteiger partial charge on any atom is -0.480 e. The molecule has 1 saturated carbocycles. The molecule has 2 amide bonds. The molecule has 0 aliphatic heterocycles. The van der Waals surface area contributed by atoms with Gasteiger partial charge < -0.3 is 20.1 Å². The summed E-state index contributed by atoms with van der Waals surface area (Å²) in [7, 11) is 1.61. The Kier molecular flexibility index (Phi) is 5.91. The van der Waals surface area contributed by atoms with E-state index in [2.05, 4.69) is 5.32 Å². The van der Waals surface area contributed by atoms with Gasteiger partial charge in [0.15, 0.2) is 0 Å². The van der Waals surface area contributed by atoms with Crippen LogP contribution in [0.1, 0.15) is 26.2 Å². The van der Waals surface area contributed by atoms with E-state index in [9.17, 15) is 9.59 Å². The van der Waals surface area contributed by atoms with Crippen molar-refractivity contribution >= 4 is 12.0 Å². The molecular weight excluding hydrogens is 236 g/mol. The standard InChI is InChI=1S/C12H22N2O4/c1-9(5-6-18-2)13-12(17)14(8-11(15)16)7-10-3-4-10/h9-10H,3-8H2,1-2H3,(H,13,17)(H,15,16). The molecule has 1 fully saturated rings. The Morgan fingerprint density at radius 1 is 1.50 bits per heavy atom. The van der Waals surface area contributed by atoms with Gasteiger partial charge in [-0.3, -0.25) is 4.79 Å². The number of aliphatic carboxylic acids is 1. The lowest BCUT2D eigenvalue weighted by Gasteiger charge is -2.23. The molecule has 18 heavy (non-hydrogen) atoms. The number of amides is 2. The Balaban J connectivity index is 2.39. The van der Waals surface area contributed by atoms with Crippen LogP contribution in [0.5, 0.6) is 0 Å². The fourth-order valence-electron chi connectivity index (χ4n) is 1.66. The molecule has 1 atom stereocenters. The van der Waals surface area contributed by atoms with E-state index in [0.717, 1.165) is 12.8 Å². The largest absolute Gasteiger partial charge is 0.480 e. The van der Waals surface area contributed by atoms with Gasteiger partial charge in [-0.1, -0.05) is 0 Å². The molecule has 0 saturated heterocycles. The first-order chi connectivity index (χ1) is 8.52. The normalized spacial score (nSPS) is 16.1. The van der Waals surface area contributed by atoms with Crippen LogP contribution in [0.15, 0.2) is 0 Å². The number of urea groups is 1. The highest BCUT2D eigenvalue weighted by Crippen LogP contribution is 2.29. The van der Waals surface area contributed by atoms with Gasteiger partial charge in [-0.15, -0.1) is 0 Å². The minimum absolute atomic E-state index is 0.0204. The van der Waals surface area contributed by atoms with Gasteiger partial charge in [-0.2, -0.15) is 0 Å². The van der Waals surface area contributed by atoms with Crippen LogP contribution < -0.4 is 5.32 Å². The van der Waals surface area contributed by atoms with Gasteiger partial charge in [0, 0.05) is 26.3 Å². The number of nitrogens with zero attached hydrogens (tertiary/aromatic N) is 1. The minimum atomic E-state index is -0.977. The lowest BCUT2D eigenvalue weighted by molar-refractivity contribution is -0.137. The predicted octanol–water partition coefficient (Wildman–Crippen LogP) is 0.918. The molecule has 0 radical (unpaired) electrons. The zero-order valence-electron chi connectivity index (χ0n) is 11.0. The number of carboxylic acids is 1. The second kappa shape index (κ2) is 7.20. The van der Waals surface area contributed by atoms with Crippen LogP contribution >= 0.6 is 0 Å². The summed E-state index contributed by atoms with van der Waals surface area (Å²) in [5.41, 5.74) is 0. The van der Waals surface area contributed by atoms with E-state index in [0.29, 0.717) is 25.5 Å². The van der Waals surface area contributed by atoms with Crippen LogP contribution in [0.4, 0.5) is 4.79 Å². The van der Waals surface area contributed by atoms with Crippen molar-refractivity contribution in [3.63, 3.8) is 0 Å². The highest BCUT2D eigenvalue weighted by Gasteiger charge is 2.28. The second-order valence-corrected chi connectivity index (χ2v) is 4.85. The smallest absolute Gasteiger partial charge is 0.323 e. The Morgan fingerprint density at radius 2 is 2.17 bits per heavy atom. The van der Waals surface area contributed by atoms with Crippen molar-refractivity contribution in [1.82, 2.24) is 10.2 Å². The third kappa shape index (κ3) is 5.86. The van der Waals surface area contributed by atoms with Gasteiger partial charge in [-0.05, 0) is 32.1 Å². The average molecular weight is 258 g/mol. The van der Waals surface area contributed by atoms with Crippen molar-refractivity contribution < 1.29 is 19.4 Å². The second-order valence-electron chi connectivity index (χ2n) is 4.85. The number of carboxylic acid groups (broad SMARTS) is 1. The molecule has 1 aliphatic carbocycles. The first-order valence-corrected chi connectivity index (χ1v) is 6.29. The van der Waals surface area contributed by atoms with Crippen molar-refractivity contribution in [2.24, 2.45) is 5.92 Å². The molecule has 0 bridgehead atoms. The average Bonchev–Trinajstić information content (AvgIpc) is 3.08. The maximum Gasteiger partial charge on any atom is 0.323 e. The van der Waals surface area contributed by atoms with E-state index in [1.54, 1.807) is 7.11 Å². The number of hydrogen-bond donors (Lipinski definition) is 2. The third-order valence-corrected chi connectivity index (χ3v) is 2.91. The molecule has 0 aromatic carbocycles. The molecular formula is C12H22N2O4. The molecule has 1 aliphatic rings. The van der Waals surface area contributed by atoms with Gasteiger partial charge in [0.05, 0.1) is 0 Å². The summed E-state index contributed by atoms with van der Waals surface area (Å²) < 4.78 is 4.93. The van der Waals surface area contributed by atoms with Crippen LogP contribution in [0.25, 0.3) is 0 Å². The summed E-state index contributed by atoms with van der Waals surface area (Å²) in [5, 5.41) is 11.6. The number of rotatable bonds is 8. The fourth-order valence-corrected chi connectivity index (χ4v) is 1.66. The van der Waals surface area contributed by atoms with Gasteiger partial charge in [0.1, 0.15) is 6.54 Å². The van der Waals surface area contributed by atoms with Gasteiger partial charge in [0.2, 0.25) is 0 Å². The molecule has 0 aromatic heterocycles. The van der Waals surface area contributed by atoms with Crippen molar-refractivity contribution in [2.75, 3.05) is 26.8 Å². The quantitative estimate of drug-likeness (QED) is 0.678. The molecule has 0 spiro atoms. The number of nitrogens with one attached hydrogen (secondary N) is 1. The highest BCUT2D eigenvalue weighted by atomic mass is 16.5. The lowest BCUT2D eigenvalue weighted by Crippen LogP contribution is -2.47. The van der Waals surface area contributed by atoms with Crippen LogP contribution in [0, 0.1) is 5.92 Å². The SMILES string of the molecule is COCCC(C)NC(=O)N(CC(=O)O)CC1CC1. The Hall–Kier alpha value is -1.30. The molecule has 0 heterocycles. The monoisotopic (exact) mass is 258 g/mol. The van der Waals surface area contributed by atoms with Gasteiger partial charge in [-0.25, -0.2) is 4.79 Å². The number of hydrogen-bond acceptors (Lipinski definition) is 3. The zero-order chi connectivity index (χ0) is 13.5. The Bertz CT molecular complexity index is 292. The molecule has 6 heteroatoms. The van der Waals surface area contributed by atoms with Gasteiger partial charge >= 0.3 is 12.0 Å². The molecule has 2 N–H and O–H groups in total. The summed E-state index contributed by atoms with van der Waals surface area (Å²) in [5.74, 6) is -0.500. The number of ether oxygens (including phenoxy) is 1. The maximum absolute atomic E-state index is 11.9. The molecule has 1 rings (SSSR count). The maximum atomic E-state index is 11.9. The summed E-state index contributed by atoms with van der Waals surface area (Å²) in [6.45, 7) is 2.75. The zero-order valence-corrected chi connectivity index (χ0v) is 11.0. The third-order valence-electron chi connectivity index (χ3n) is 2.91. The summed E-state index contributed by atoms with van der Waals surface area (Å²) >= 11 is 0. The number of carbonyl (C=O) groups excluding carboxylic acids is 1. The Labute approximate surface area is 107 Å². The van der Waals surface area contributed by atoms with Crippen LogP contribution in [0.2, 0.25) is 0 Å². The van der Waals surface area contributed by atoms with E-state index in [4.69, 9.17) is 9.84 Å². The van der Waals surface area contributed by atoms with Crippen molar-refractivity contribution in [3.8, 4) is 0 Å². The van der Waals surface area contributed by atoms with Crippen LogP contribution in [-0.2, 0) is 9.53 Å². The van der Waals surface area contributed by atoms with E-state index in [1.807, 2.05) is 6.92 Å². The van der Waals surface area contributed by atoms with Crippen molar-refractivity contribution in [1.29, 1.82) is 0 Å². The van der Waals surface area contributed by atoms with E-state index < -0.39 is 5.97 Å². The van der Waals surface area contributed by atoms with Crippen molar-refractivity contribution in [3.05, 3.63) is 0 Å². The molecule has 0 aromatic rings. The van der Waals surface area contributed by atoms with Crippen LogP contribution in [-0.4, -0.2) is 54.9 Å². The first-order valence-electron chi connectivity index (χ1n) is 6.29. The van der Waals surface area contributed by atoms with E-state index >= 15 is 0 Å². The van der Waals surface area contributed by atoms with Crippen molar-refractivity contribution in [2.45, 2.75) is 32.2 Å². The number of methoxy groups -OCH3 is 1. The van der Waals surface area contributed by atoms with Gasteiger partial charge in [0.25, 0.3) is 0 Å². The fraction of sp³-hybridized carbons (Fsp3) is 0.833. The summed E-state index contributed by atoms with van der Waals surface area (Å²) in [6.07, 6.45) is 2.89. The first kappa shape index (κ1) is 14.8. The molecule has 1 unspecified atom stereocenters. The lowest BCUT2D eigenvalue weighted by atomic mass is 10.2. The van der Waals surface area contributed by atoms with E-state index in [1.165, 1.54) is 4.90 Å². The molecule has 6 nitrogen and oxygen atoms in total. The van der Waals surface area contributed by atoms with E-state index in [-0.39, 0.29) is 18.6 Å².